The molecule has 7 nitrogen and oxygen atoms in total. The third-order valence-electron chi connectivity index (χ3n) is 6.68. The average Bonchev–Trinajstić information content (AvgIpc) is 3.51. The second-order valence-corrected chi connectivity index (χ2v) is 8.43. The summed E-state index contributed by atoms with van der Waals surface area (Å²) in [6.45, 7) is 1.82. The minimum Gasteiger partial charge on any atom is -0.493 e. The van der Waals surface area contributed by atoms with E-state index in [-0.39, 0.29) is 6.04 Å². The van der Waals surface area contributed by atoms with Crippen LogP contribution in [-0.2, 0) is 13.0 Å². The first-order chi connectivity index (χ1) is 15.3. The number of rotatable bonds is 6. The van der Waals surface area contributed by atoms with Gasteiger partial charge in [-0.1, -0.05) is 43.2 Å². The van der Waals surface area contributed by atoms with Crippen molar-refractivity contribution in [2.24, 2.45) is 0 Å². The quantitative estimate of drug-likeness (QED) is 0.603. The second kappa shape index (κ2) is 8.67. The van der Waals surface area contributed by atoms with Crippen molar-refractivity contribution in [1.29, 1.82) is 0 Å². The van der Waals surface area contributed by atoms with Gasteiger partial charge in [-0.25, -0.2) is 4.68 Å². The highest BCUT2D eigenvalue weighted by Gasteiger charge is 2.33. The van der Waals surface area contributed by atoms with E-state index in [1.165, 1.54) is 24.0 Å². The van der Waals surface area contributed by atoms with Crippen LogP contribution in [0.3, 0.4) is 0 Å². The highest BCUT2D eigenvalue weighted by Crippen LogP contribution is 2.38. The van der Waals surface area contributed by atoms with Crippen LogP contribution in [-0.4, -0.2) is 45.9 Å². The van der Waals surface area contributed by atoms with Crippen LogP contribution in [0, 0.1) is 0 Å². The van der Waals surface area contributed by atoms with Crippen molar-refractivity contribution in [3.8, 4) is 11.5 Å². The van der Waals surface area contributed by atoms with Crippen LogP contribution in [0.2, 0.25) is 0 Å². The van der Waals surface area contributed by atoms with Gasteiger partial charge < -0.3 is 9.47 Å². The lowest BCUT2D eigenvalue weighted by Crippen LogP contribution is -2.36. The molecule has 2 aliphatic rings. The molecule has 0 bridgehead atoms. The molecule has 31 heavy (non-hydrogen) atoms. The summed E-state index contributed by atoms with van der Waals surface area (Å²) in [5.41, 5.74) is 3.92. The average molecular weight is 420 g/mol. The highest BCUT2D eigenvalue weighted by molar-refractivity contribution is 5.45. The largest absolute Gasteiger partial charge is 0.493 e. The van der Waals surface area contributed by atoms with E-state index in [2.05, 4.69) is 61.5 Å². The molecule has 1 saturated carbocycles. The van der Waals surface area contributed by atoms with Crippen LogP contribution >= 0.6 is 0 Å². The molecule has 2 heterocycles. The SMILES string of the molecule is COc1ccc([C@H](c2nnnn2C2CCCC2)N2CCc3ccccc3C2)cc1OC. The summed E-state index contributed by atoms with van der Waals surface area (Å²) in [4.78, 5) is 2.49. The summed E-state index contributed by atoms with van der Waals surface area (Å²) in [6, 6.07) is 15.2. The van der Waals surface area contributed by atoms with Crippen molar-refractivity contribution in [2.45, 2.75) is 50.7 Å². The van der Waals surface area contributed by atoms with Crippen LogP contribution in [0.4, 0.5) is 0 Å². The maximum atomic E-state index is 5.62. The fourth-order valence-corrected chi connectivity index (χ4v) is 5.07. The van der Waals surface area contributed by atoms with Gasteiger partial charge in [0.2, 0.25) is 0 Å². The van der Waals surface area contributed by atoms with Gasteiger partial charge in [0.1, 0.15) is 0 Å². The van der Waals surface area contributed by atoms with E-state index < -0.39 is 0 Å². The number of tetrazole rings is 1. The molecule has 3 aromatic rings. The Bertz CT molecular complexity index is 1040. The number of nitrogens with zero attached hydrogens (tertiary/aromatic N) is 5. The van der Waals surface area contributed by atoms with E-state index in [4.69, 9.17) is 9.47 Å². The molecule has 0 saturated heterocycles. The number of hydrogen-bond acceptors (Lipinski definition) is 6. The Kier molecular flexibility index (Phi) is 5.59. The number of benzene rings is 2. The highest BCUT2D eigenvalue weighted by atomic mass is 16.5. The van der Waals surface area contributed by atoms with Crippen LogP contribution < -0.4 is 9.47 Å². The van der Waals surface area contributed by atoms with Crippen LogP contribution in [0.5, 0.6) is 11.5 Å². The zero-order valence-corrected chi connectivity index (χ0v) is 18.2. The molecular weight excluding hydrogens is 390 g/mol. The van der Waals surface area contributed by atoms with Gasteiger partial charge in [0.15, 0.2) is 17.3 Å². The smallest absolute Gasteiger partial charge is 0.173 e. The lowest BCUT2D eigenvalue weighted by atomic mass is 9.95. The maximum Gasteiger partial charge on any atom is 0.173 e. The van der Waals surface area contributed by atoms with E-state index in [1.807, 2.05) is 6.07 Å². The number of hydrogen-bond donors (Lipinski definition) is 0. The Morgan fingerprint density at radius 2 is 1.74 bits per heavy atom. The molecule has 1 aromatic heterocycles. The van der Waals surface area contributed by atoms with E-state index in [1.54, 1.807) is 14.2 Å². The molecule has 2 aromatic carbocycles. The Morgan fingerprint density at radius 3 is 2.52 bits per heavy atom. The molecule has 7 heteroatoms. The minimum absolute atomic E-state index is 0.0521. The number of methoxy groups -OCH3 is 2. The van der Waals surface area contributed by atoms with Gasteiger partial charge in [0, 0.05) is 13.1 Å². The molecule has 5 rings (SSSR count). The lowest BCUT2D eigenvalue weighted by Gasteiger charge is -2.35. The zero-order valence-electron chi connectivity index (χ0n) is 18.2. The standard InChI is InChI=1S/C24H29N5O2/c1-30-21-12-11-18(15-22(21)31-2)23(24-25-26-27-29(24)20-9-5-6-10-20)28-14-13-17-7-3-4-8-19(17)16-28/h3-4,7-8,11-12,15,20,23H,5-6,9-10,13-14,16H2,1-2H3/t23-/m1/s1. The summed E-state index contributed by atoms with van der Waals surface area (Å²) in [6.07, 6.45) is 5.77. The van der Waals surface area contributed by atoms with Crippen molar-refractivity contribution < 1.29 is 9.47 Å². The predicted octanol–water partition coefficient (Wildman–Crippen LogP) is 3.95. The van der Waals surface area contributed by atoms with E-state index >= 15 is 0 Å². The van der Waals surface area contributed by atoms with Crippen LogP contribution in [0.1, 0.15) is 60.3 Å². The van der Waals surface area contributed by atoms with Crippen LogP contribution in [0.25, 0.3) is 0 Å². The molecule has 0 amide bonds. The Morgan fingerprint density at radius 1 is 0.968 bits per heavy atom. The number of ether oxygens (including phenoxy) is 2. The molecule has 0 radical (unpaired) electrons. The molecule has 1 aliphatic heterocycles. The monoisotopic (exact) mass is 419 g/mol. The van der Waals surface area contributed by atoms with Gasteiger partial charge in [-0.3, -0.25) is 4.90 Å². The Balaban J connectivity index is 1.58. The summed E-state index contributed by atoms with van der Waals surface area (Å²) >= 11 is 0. The van der Waals surface area contributed by atoms with Crippen molar-refractivity contribution >= 4 is 0 Å². The van der Waals surface area contributed by atoms with Crippen molar-refractivity contribution in [2.75, 3.05) is 20.8 Å². The van der Waals surface area contributed by atoms with E-state index in [9.17, 15) is 0 Å². The second-order valence-electron chi connectivity index (χ2n) is 8.43. The van der Waals surface area contributed by atoms with Gasteiger partial charge in [0.25, 0.3) is 0 Å². The fourth-order valence-electron chi connectivity index (χ4n) is 5.07. The van der Waals surface area contributed by atoms with Gasteiger partial charge >= 0.3 is 0 Å². The molecule has 162 valence electrons. The number of fused-ring (bicyclic) bond motifs is 1. The molecule has 0 N–H and O–H groups in total. The lowest BCUT2D eigenvalue weighted by molar-refractivity contribution is 0.191. The normalized spacial score (nSPS) is 18.0. The van der Waals surface area contributed by atoms with Gasteiger partial charge in [-0.15, -0.1) is 5.10 Å². The first-order valence-corrected chi connectivity index (χ1v) is 11.1. The Hall–Kier alpha value is -2.93. The molecule has 1 aliphatic carbocycles. The minimum atomic E-state index is -0.0521. The topological polar surface area (TPSA) is 65.3 Å². The summed E-state index contributed by atoms with van der Waals surface area (Å²) in [7, 11) is 3.34. The van der Waals surface area contributed by atoms with Crippen molar-refractivity contribution in [3.05, 3.63) is 65.0 Å². The van der Waals surface area contributed by atoms with E-state index in [0.717, 1.165) is 55.2 Å². The van der Waals surface area contributed by atoms with Crippen molar-refractivity contribution in [3.63, 3.8) is 0 Å². The molecule has 0 spiro atoms. The molecule has 1 fully saturated rings. The van der Waals surface area contributed by atoms with Gasteiger partial charge in [0.05, 0.1) is 26.3 Å². The summed E-state index contributed by atoms with van der Waals surface area (Å²) in [5, 5.41) is 13.1. The van der Waals surface area contributed by atoms with Crippen molar-refractivity contribution in [1.82, 2.24) is 25.1 Å². The Labute approximate surface area is 183 Å². The first kappa shape index (κ1) is 20.0. The van der Waals surface area contributed by atoms with E-state index in [0.29, 0.717) is 6.04 Å². The first-order valence-electron chi connectivity index (χ1n) is 11.1. The van der Waals surface area contributed by atoms with Crippen LogP contribution in [0.15, 0.2) is 42.5 Å². The molecular formula is C24H29N5O2. The third kappa shape index (κ3) is 3.78. The maximum absolute atomic E-state index is 5.62. The third-order valence-corrected chi connectivity index (χ3v) is 6.68. The zero-order chi connectivity index (χ0) is 21.2. The summed E-state index contributed by atoms with van der Waals surface area (Å²) < 4.78 is 13.2. The van der Waals surface area contributed by atoms with Gasteiger partial charge in [-0.05, 0) is 58.5 Å². The molecule has 1 atom stereocenters. The predicted molar refractivity (Wildman–Crippen MR) is 117 cm³/mol. The number of aromatic nitrogens is 4. The molecule has 0 unspecified atom stereocenters. The van der Waals surface area contributed by atoms with Gasteiger partial charge in [-0.2, -0.15) is 0 Å². The fraction of sp³-hybridized carbons (Fsp3) is 0.458. The summed E-state index contributed by atoms with van der Waals surface area (Å²) in [5.74, 6) is 2.37.